The van der Waals surface area contributed by atoms with E-state index in [9.17, 15) is 9.59 Å². The molecular formula is C21H29N3O6. The van der Waals surface area contributed by atoms with Crippen LogP contribution >= 0.6 is 0 Å². The Labute approximate surface area is 176 Å². The molecule has 164 valence electrons. The van der Waals surface area contributed by atoms with E-state index < -0.39 is 0 Å². The average Bonchev–Trinajstić information content (AvgIpc) is 2.79. The second kappa shape index (κ2) is 8.39. The minimum Gasteiger partial charge on any atom is -0.481 e. The number of carbonyl (C=O) groups is 2. The van der Waals surface area contributed by atoms with Crippen LogP contribution in [0.15, 0.2) is 12.1 Å². The summed E-state index contributed by atoms with van der Waals surface area (Å²) in [6.45, 7) is 2.44. The zero-order valence-corrected chi connectivity index (χ0v) is 17.8. The molecule has 0 saturated carbocycles. The fraction of sp³-hybridized carbons (Fsp3) is 0.667. The van der Waals surface area contributed by atoms with Crippen LogP contribution in [-0.2, 0) is 14.3 Å². The Morgan fingerprint density at radius 2 is 1.83 bits per heavy atom. The number of hydrogen-bond donors (Lipinski definition) is 0. The molecule has 1 aromatic heterocycles. The topological polar surface area (TPSA) is 90.4 Å². The molecule has 1 atom stereocenters. The molecule has 9 heteroatoms. The van der Waals surface area contributed by atoms with E-state index in [1.165, 1.54) is 14.2 Å². The van der Waals surface area contributed by atoms with Crippen molar-refractivity contribution in [2.45, 2.75) is 43.4 Å². The van der Waals surface area contributed by atoms with Crippen molar-refractivity contribution in [1.82, 2.24) is 14.8 Å². The first-order valence-corrected chi connectivity index (χ1v) is 10.4. The summed E-state index contributed by atoms with van der Waals surface area (Å²) in [6, 6.07) is 3.45. The third kappa shape index (κ3) is 3.30. The minimum absolute atomic E-state index is 0.0604. The maximum absolute atomic E-state index is 13.0. The van der Waals surface area contributed by atoms with Crippen LogP contribution in [0, 0.1) is 0 Å². The van der Waals surface area contributed by atoms with Crippen molar-refractivity contribution < 1.29 is 28.5 Å². The quantitative estimate of drug-likeness (QED) is 0.661. The highest BCUT2D eigenvalue weighted by Gasteiger charge is 2.62. The Morgan fingerprint density at radius 3 is 2.43 bits per heavy atom. The smallest absolute Gasteiger partial charge is 0.259 e. The second-order valence-electron chi connectivity index (χ2n) is 7.97. The molecule has 1 aromatic rings. The van der Waals surface area contributed by atoms with Crippen LogP contribution < -0.4 is 9.47 Å². The molecule has 3 aliphatic rings. The van der Waals surface area contributed by atoms with Gasteiger partial charge in [-0.3, -0.25) is 9.59 Å². The van der Waals surface area contributed by atoms with Crippen LogP contribution in [0.1, 0.15) is 36.0 Å². The van der Waals surface area contributed by atoms with Crippen molar-refractivity contribution in [2.24, 2.45) is 0 Å². The number of ether oxygens (including phenoxy) is 4. The van der Waals surface area contributed by atoms with E-state index in [0.717, 1.165) is 25.7 Å². The number of methoxy groups -OCH3 is 3. The van der Waals surface area contributed by atoms with E-state index in [4.69, 9.17) is 18.9 Å². The van der Waals surface area contributed by atoms with Crippen LogP contribution in [0.25, 0.3) is 0 Å². The monoisotopic (exact) mass is 419 g/mol. The molecule has 3 aliphatic heterocycles. The second-order valence-corrected chi connectivity index (χ2v) is 7.97. The Bertz CT molecular complexity index is 802. The van der Waals surface area contributed by atoms with Crippen LogP contribution in [0.3, 0.4) is 0 Å². The first-order chi connectivity index (χ1) is 14.6. The van der Waals surface area contributed by atoms with Gasteiger partial charge in [0, 0.05) is 45.5 Å². The molecule has 4 rings (SSSR count). The highest BCUT2D eigenvalue weighted by Crippen LogP contribution is 2.45. The summed E-state index contributed by atoms with van der Waals surface area (Å²) in [7, 11) is 4.61. The molecule has 1 unspecified atom stereocenters. The van der Waals surface area contributed by atoms with Gasteiger partial charge in [-0.1, -0.05) is 0 Å². The number of carbonyl (C=O) groups excluding carboxylic acids is 2. The van der Waals surface area contributed by atoms with Gasteiger partial charge in [-0.05, 0) is 31.7 Å². The molecular weight excluding hydrogens is 390 g/mol. The summed E-state index contributed by atoms with van der Waals surface area (Å²) in [4.78, 5) is 33.9. The number of hydrogen-bond acceptors (Lipinski definition) is 7. The number of likely N-dealkylation sites (tertiary alicyclic amines) is 2. The van der Waals surface area contributed by atoms with Gasteiger partial charge < -0.3 is 28.7 Å². The number of nitrogens with zero attached hydrogens (tertiary/aromatic N) is 3. The standard InChI is InChI=1S/C21H29N3O6/c1-27-16-5-4-15(18(22-16)29-3)19(25)23-10-6-14(7-11-23)24-20(26)17(28-2)21(24)8-12-30-13-9-21/h4-5,14,17H,6-13H2,1-3H3. The van der Waals surface area contributed by atoms with Crippen LogP contribution in [0.5, 0.6) is 11.8 Å². The molecule has 2 amide bonds. The Hall–Kier alpha value is -2.39. The van der Waals surface area contributed by atoms with Crippen LogP contribution in [0.4, 0.5) is 0 Å². The Balaban J connectivity index is 1.44. The lowest BCUT2D eigenvalue weighted by Gasteiger charge is -2.61. The van der Waals surface area contributed by atoms with Gasteiger partial charge in [-0.2, -0.15) is 4.98 Å². The van der Waals surface area contributed by atoms with Crippen molar-refractivity contribution in [3.63, 3.8) is 0 Å². The lowest BCUT2D eigenvalue weighted by atomic mass is 9.72. The predicted octanol–water partition coefficient (Wildman–Crippen LogP) is 1.11. The van der Waals surface area contributed by atoms with Gasteiger partial charge in [-0.25, -0.2) is 0 Å². The maximum atomic E-state index is 13.0. The first kappa shape index (κ1) is 20.9. The lowest BCUT2D eigenvalue weighted by Crippen LogP contribution is -2.79. The van der Waals surface area contributed by atoms with Crippen molar-refractivity contribution in [3.8, 4) is 11.8 Å². The molecule has 3 fully saturated rings. The fourth-order valence-corrected chi connectivity index (χ4v) is 5.08. The zero-order valence-electron chi connectivity index (χ0n) is 17.8. The van der Waals surface area contributed by atoms with E-state index >= 15 is 0 Å². The van der Waals surface area contributed by atoms with Crippen molar-refractivity contribution >= 4 is 11.8 Å². The molecule has 9 nitrogen and oxygen atoms in total. The summed E-state index contributed by atoms with van der Waals surface area (Å²) in [5.41, 5.74) is 0.154. The van der Waals surface area contributed by atoms with Gasteiger partial charge >= 0.3 is 0 Å². The number of pyridine rings is 1. The van der Waals surface area contributed by atoms with E-state index in [1.54, 1.807) is 24.1 Å². The van der Waals surface area contributed by atoms with Crippen LogP contribution in [-0.4, -0.2) is 91.9 Å². The summed E-state index contributed by atoms with van der Waals surface area (Å²) in [5, 5.41) is 0. The normalized spacial score (nSPS) is 24.0. The number of aromatic nitrogens is 1. The van der Waals surface area contributed by atoms with Gasteiger partial charge in [0.15, 0.2) is 6.10 Å². The number of piperidine rings is 1. The highest BCUT2D eigenvalue weighted by molar-refractivity contribution is 5.96. The summed E-state index contributed by atoms with van der Waals surface area (Å²) < 4.78 is 21.4. The molecule has 30 heavy (non-hydrogen) atoms. The molecule has 0 radical (unpaired) electrons. The first-order valence-electron chi connectivity index (χ1n) is 10.4. The minimum atomic E-state index is -0.379. The summed E-state index contributed by atoms with van der Waals surface area (Å²) in [6.07, 6.45) is 2.69. The maximum Gasteiger partial charge on any atom is 0.259 e. The fourth-order valence-electron chi connectivity index (χ4n) is 5.08. The highest BCUT2D eigenvalue weighted by atomic mass is 16.5. The van der Waals surface area contributed by atoms with E-state index in [1.807, 2.05) is 4.90 Å². The molecule has 0 bridgehead atoms. The van der Waals surface area contributed by atoms with Crippen molar-refractivity contribution in [1.29, 1.82) is 0 Å². The number of β-lactam (4-membered cyclic amide) rings is 1. The van der Waals surface area contributed by atoms with Gasteiger partial charge in [0.05, 0.1) is 19.8 Å². The van der Waals surface area contributed by atoms with Gasteiger partial charge in [0.25, 0.3) is 11.8 Å². The van der Waals surface area contributed by atoms with E-state index in [2.05, 4.69) is 4.98 Å². The average molecular weight is 419 g/mol. The number of amides is 2. The Morgan fingerprint density at radius 1 is 1.13 bits per heavy atom. The van der Waals surface area contributed by atoms with Gasteiger partial charge in [-0.15, -0.1) is 0 Å². The van der Waals surface area contributed by atoms with Crippen molar-refractivity contribution in [3.05, 3.63) is 17.7 Å². The zero-order chi connectivity index (χ0) is 21.3. The summed E-state index contributed by atoms with van der Waals surface area (Å²) >= 11 is 0. The molecule has 0 aromatic carbocycles. The molecule has 1 spiro atoms. The Kier molecular flexibility index (Phi) is 5.84. The molecule has 0 aliphatic carbocycles. The van der Waals surface area contributed by atoms with Crippen LogP contribution in [0.2, 0.25) is 0 Å². The third-order valence-corrected chi connectivity index (χ3v) is 6.61. The van der Waals surface area contributed by atoms with Crippen molar-refractivity contribution in [2.75, 3.05) is 47.6 Å². The molecule has 3 saturated heterocycles. The molecule has 4 heterocycles. The SMILES string of the molecule is COc1ccc(C(=O)N2CCC(N3C(=O)C(OC)C34CCOCC4)CC2)c(OC)n1. The predicted molar refractivity (Wildman–Crippen MR) is 107 cm³/mol. The largest absolute Gasteiger partial charge is 0.481 e. The van der Waals surface area contributed by atoms with Gasteiger partial charge in [0.1, 0.15) is 5.56 Å². The summed E-state index contributed by atoms with van der Waals surface area (Å²) in [5.74, 6) is 0.590. The van der Waals surface area contributed by atoms with E-state index in [-0.39, 0.29) is 35.4 Å². The molecule has 0 N–H and O–H groups in total. The lowest BCUT2D eigenvalue weighted by molar-refractivity contribution is -0.213. The van der Waals surface area contributed by atoms with Gasteiger partial charge in [0.2, 0.25) is 11.8 Å². The van der Waals surface area contributed by atoms with E-state index in [0.29, 0.717) is 37.7 Å². The third-order valence-electron chi connectivity index (χ3n) is 6.61. The number of rotatable bonds is 5.